The zero-order valence-electron chi connectivity index (χ0n) is 30.5. The third-order valence-corrected chi connectivity index (χ3v) is 8.55. The van der Waals surface area contributed by atoms with Crippen LogP contribution in [0.4, 0.5) is 4.79 Å². The molecule has 0 radical (unpaired) electrons. The number of hydrogen-bond donors (Lipinski definition) is 2. The predicted molar refractivity (Wildman–Crippen MR) is 187 cm³/mol. The molecular formula is C37H48N2O13. The van der Waals surface area contributed by atoms with Crippen LogP contribution >= 0.6 is 0 Å². The highest BCUT2D eigenvalue weighted by Crippen LogP contribution is 2.49. The molecule has 15 heteroatoms. The van der Waals surface area contributed by atoms with Gasteiger partial charge < -0.3 is 47.7 Å². The number of carbonyl (C=O) groups excluding carboxylic acids is 3. The first-order valence-corrected chi connectivity index (χ1v) is 16.8. The monoisotopic (exact) mass is 728 g/mol. The van der Waals surface area contributed by atoms with Crippen LogP contribution in [0.15, 0.2) is 37.4 Å². The Labute approximate surface area is 303 Å². The minimum atomic E-state index is -1.30. The third-order valence-electron chi connectivity index (χ3n) is 8.55. The summed E-state index contributed by atoms with van der Waals surface area (Å²) in [5.74, 6) is 0.421. The molecule has 0 fully saturated rings. The first-order valence-electron chi connectivity index (χ1n) is 16.8. The minimum absolute atomic E-state index is 0.0337. The second-order valence-corrected chi connectivity index (χ2v) is 12.0. The normalized spacial score (nSPS) is 16.9. The maximum absolute atomic E-state index is 14.1. The maximum atomic E-state index is 14.1. The number of benzene rings is 2. The Morgan fingerprint density at radius 1 is 1.04 bits per heavy atom. The molecule has 4 rings (SSSR count). The smallest absolute Gasteiger partial charge is 0.411 e. The van der Waals surface area contributed by atoms with E-state index in [1.165, 1.54) is 32.1 Å². The Bertz CT molecular complexity index is 1630. The zero-order valence-corrected chi connectivity index (χ0v) is 30.5. The number of fused-ring (bicyclic) bond motifs is 2. The fourth-order valence-corrected chi connectivity index (χ4v) is 6.47. The van der Waals surface area contributed by atoms with E-state index >= 15 is 0 Å². The van der Waals surface area contributed by atoms with E-state index in [0.717, 1.165) is 11.1 Å². The zero-order chi connectivity index (χ0) is 37.9. The van der Waals surface area contributed by atoms with Crippen LogP contribution in [0, 0.1) is 13.8 Å². The number of rotatable bonds is 18. The summed E-state index contributed by atoms with van der Waals surface area (Å²) in [5, 5.41) is 14.5. The second kappa shape index (κ2) is 18.5. The van der Waals surface area contributed by atoms with Gasteiger partial charge in [-0.3, -0.25) is 15.0 Å². The summed E-state index contributed by atoms with van der Waals surface area (Å²) in [4.78, 5) is 41.4. The lowest BCUT2D eigenvalue weighted by molar-refractivity contribution is -0.147. The van der Waals surface area contributed by atoms with E-state index in [1.54, 1.807) is 26.0 Å². The van der Waals surface area contributed by atoms with Crippen molar-refractivity contribution in [1.82, 2.24) is 10.2 Å². The van der Waals surface area contributed by atoms with Crippen molar-refractivity contribution in [3.63, 3.8) is 0 Å². The molecule has 0 aliphatic carbocycles. The van der Waals surface area contributed by atoms with Crippen LogP contribution in [0.25, 0.3) is 0 Å². The van der Waals surface area contributed by atoms with Gasteiger partial charge in [-0.2, -0.15) is 0 Å². The number of aliphatic hydroxyl groups is 1. The second-order valence-electron chi connectivity index (χ2n) is 12.0. The van der Waals surface area contributed by atoms with Gasteiger partial charge in [0.15, 0.2) is 29.8 Å². The van der Waals surface area contributed by atoms with E-state index in [9.17, 15) is 19.5 Å². The van der Waals surface area contributed by atoms with Gasteiger partial charge in [-0.25, -0.2) is 9.59 Å². The molecule has 52 heavy (non-hydrogen) atoms. The van der Waals surface area contributed by atoms with Crippen LogP contribution < -0.4 is 29.0 Å². The molecule has 2 aromatic rings. The third kappa shape index (κ3) is 8.54. The number of carbonyl (C=O) groups is 3. The molecule has 2 heterocycles. The molecule has 2 N–H and O–H groups in total. The molecular weight excluding hydrogens is 680 g/mol. The molecule has 1 amide bonds. The fourth-order valence-electron chi connectivity index (χ4n) is 6.47. The van der Waals surface area contributed by atoms with Gasteiger partial charge in [0.25, 0.3) is 0 Å². The number of methoxy groups -OCH3 is 2. The Kier molecular flexibility index (Phi) is 14.1. The van der Waals surface area contributed by atoms with Crippen LogP contribution in [0.5, 0.6) is 28.7 Å². The van der Waals surface area contributed by atoms with Gasteiger partial charge in [-0.15, -0.1) is 0 Å². The lowest BCUT2D eigenvalue weighted by Gasteiger charge is -2.46. The SMILES string of the molecule is C=CCOC(=O)N1[C@H](COC(C)=O)Cc2cc(C)c(OC)c(OCC=C)c2[C@H]1[C@H](CO)N[C@@H](C(=O)OCC)c1cc(OCOC)c(C)c2c1OCO2. The highest BCUT2D eigenvalue weighted by Gasteiger charge is 2.47. The lowest BCUT2D eigenvalue weighted by atomic mass is 9.82. The molecule has 284 valence electrons. The molecule has 2 aliphatic rings. The van der Waals surface area contributed by atoms with Gasteiger partial charge in [0, 0.05) is 30.7 Å². The molecule has 0 saturated carbocycles. The van der Waals surface area contributed by atoms with Gasteiger partial charge >= 0.3 is 18.0 Å². The van der Waals surface area contributed by atoms with E-state index < -0.39 is 48.8 Å². The molecule has 15 nitrogen and oxygen atoms in total. The summed E-state index contributed by atoms with van der Waals surface area (Å²) in [6, 6.07) is -0.812. The summed E-state index contributed by atoms with van der Waals surface area (Å²) < 4.78 is 51.2. The van der Waals surface area contributed by atoms with Gasteiger partial charge in [0.2, 0.25) is 6.79 Å². The van der Waals surface area contributed by atoms with E-state index in [2.05, 4.69) is 18.5 Å². The molecule has 2 aromatic carbocycles. The van der Waals surface area contributed by atoms with Gasteiger partial charge in [-0.05, 0) is 44.4 Å². The first-order chi connectivity index (χ1) is 25.1. The lowest BCUT2D eigenvalue weighted by Crippen LogP contribution is -2.57. The van der Waals surface area contributed by atoms with Crippen LogP contribution in [0.2, 0.25) is 0 Å². The summed E-state index contributed by atoms with van der Waals surface area (Å²) in [7, 11) is 2.97. The van der Waals surface area contributed by atoms with Gasteiger partial charge in [0.1, 0.15) is 31.6 Å². The van der Waals surface area contributed by atoms with Crippen molar-refractivity contribution in [2.75, 3.05) is 60.8 Å². The number of esters is 2. The Hall–Kier alpha value is -4.99. The number of nitrogens with one attached hydrogen (secondary N) is 1. The molecule has 0 unspecified atom stereocenters. The molecule has 0 spiro atoms. The summed E-state index contributed by atoms with van der Waals surface area (Å²) in [5.41, 5.74) is 2.85. The largest absolute Gasteiger partial charge is 0.493 e. The van der Waals surface area contributed by atoms with Crippen molar-refractivity contribution in [2.45, 2.75) is 58.3 Å². The van der Waals surface area contributed by atoms with Crippen LogP contribution in [0.1, 0.15) is 53.7 Å². The van der Waals surface area contributed by atoms with E-state index in [-0.39, 0.29) is 52.2 Å². The standard InChI is InChI=1S/C37H48N2O13/c1-9-12-47-35-29-24(14-21(4)32(35)45-8)15-25(18-49-23(6)41)39(37(43)48-13-10-2)31(29)27(17-40)38-30(36(42)46-11-3)26-16-28(50-19-44-7)22(5)33-34(26)52-20-51-33/h9-10,14,16,25,27,30-31,38,40H,1-2,11-13,15,17-20H2,3-8H3/t25-,27-,30+,31+/m0/s1. The summed E-state index contributed by atoms with van der Waals surface area (Å²) in [6.07, 6.45) is 2.40. The highest BCUT2D eigenvalue weighted by atomic mass is 16.7. The average Bonchev–Trinajstić information content (AvgIpc) is 3.63. The predicted octanol–water partition coefficient (Wildman–Crippen LogP) is 4.00. The van der Waals surface area contributed by atoms with Crippen LogP contribution in [-0.4, -0.2) is 101 Å². The quantitative estimate of drug-likeness (QED) is 0.0978. The average molecular weight is 729 g/mol. The summed E-state index contributed by atoms with van der Waals surface area (Å²) >= 11 is 0. The van der Waals surface area contributed by atoms with Gasteiger partial charge in [0.05, 0.1) is 38.4 Å². The van der Waals surface area contributed by atoms with Crippen molar-refractivity contribution >= 4 is 18.0 Å². The van der Waals surface area contributed by atoms with E-state index in [0.29, 0.717) is 39.7 Å². The number of ether oxygens (including phenoxy) is 9. The van der Waals surface area contributed by atoms with E-state index in [1.807, 2.05) is 13.0 Å². The molecule has 0 aromatic heterocycles. The van der Waals surface area contributed by atoms with E-state index in [4.69, 9.17) is 42.6 Å². The topological polar surface area (TPSA) is 170 Å². The Morgan fingerprint density at radius 2 is 1.77 bits per heavy atom. The number of hydrogen-bond acceptors (Lipinski definition) is 14. The van der Waals surface area contributed by atoms with Gasteiger partial charge in [-0.1, -0.05) is 31.4 Å². The molecule has 4 atom stereocenters. The van der Waals surface area contributed by atoms with Crippen LogP contribution in [-0.2, 0) is 35.0 Å². The number of amides is 1. The molecule has 0 bridgehead atoms. The van der Waals surface area contributed by atoms with Crippen LogP contribution in [0.3, 0.4) is 0 Å². The minimum Gasteiger partial charge on any atom is -0.493 e. The molecule has 2 aliphatic heterocycles. The van der Waals surface area contributed by atoms with Crippen molar-refractivity contribution in [2.24, 2.45) is 0 Å². The van der Waals surface area contributed by atoms with Crippen molar-refractivity contribution in [3.8, 4) is 28.7 Å². The number of aryl methyl sites for hydroxylation is 1. The van der Waals surface area contributed by atoms with Crippen molar-refractivity contribution in [3.05, 3.63) is 65.3 Å². The Balaban J connectivity index is 1.99. The maximum Gasteiger partial charge on any atom is 0.411 e. The molecule has 0 saturated heterocycles. The highest BCUT2D eigenvalue weighted by molar-refractivity contribution is 5.80. The Morgan fingerprint density at radius 3 is 2.40 bits per heavy atom. The van der Waals surface area contributed by atoms with Crippen molar-refractivity contribution < 1.29 is 62.1 Å². The van der Waals surface area contributed by atoms with Crippen molar-refractivity contribution in [1.29, 1.82) is 0 Å². The number of aliphatic hydroxyl groups excluding tert-OH is 1. The summed E-state index contributed by atoms with van der Waals surface area (Å²) in [6.45, 7) is 13.0. The number of nitrogens with zero attached hydrogens (tertiary/aromatic N) is 1. The first kappa shape index (κ1) is 39.8. The fraction of sp³-hybridized carbons (Fsp3) is 0.486.